The molecular weight excluding hydrogens is 280 g/mol. The van der Waals surface area contributed by atoms with Gasteiger partial charge in [-0.25, -0.2) is 4.98 Å². The van der Waals surface area contributed by atoms with E-state index < -0.39 is 0 Å². The van der Waals surface area contributed by atoms with Gasteiger partial charge in [0.2, 0.25) is 0 Å². The summed E-state index contributed by atoms with van der Waals surface area (Å²) in [6.07, 6.45) is 6.02. The zero-order chi connectivity index (χ0) is 14.5. The Morgan fingerprint density at radius 3 is 2.38 bits per heavy atom. The summed E-state index contributed by atoms with van der Waals surface area (Å²) in [5.41, 5.74) is 3.71. The van der Waals surface area contributed by atoms with E-state index in [0.717, 1.165) is 30.1 Å². The smallest absolute Gasteiger partial charge is 0.0952 e. The van der Waals surface area contributed by atoms with Crippen molar-refractivity contribution in [2.24, 2.45) is 0 Å². The zero-order valence-electron chi connectivity index (χ0n) is 11.7. The van der Waals surface area contributed by atoms with E-state index in [2.05, 4.69) is 40.0 Å². The summed E-state index contributed by atoms with van der Waals surface area (Å²) in [6, 6.07) is 18.5. The second kappa shape index (κ2) is 6.59. The SMILES string of the molecule is Clc1ccc(Cn2cnc(CCc3ccccc3)c2)cc1. The molecule has 0 bridgehead atoms. The standard InChI is InChI=1S/C18H17ClN2/c19-17-9-6-16(7-10-17)12-21-13-18(20-14-21)11-8-15-4-2-1-3-5-15/h1-7,9-10,13-14H,8,11-12H2. The average molecular weight is 297 g/mol. The highest BCUT2D eigenvalue weighted by atomic mass is 35.5. The number of aromatic nitrogens is 2. The van der Waals surface area contributed by atoms with Crippen LogP contribution in [0.25, 0.3) is 0 Å². The largest absolute Gasteiger partial charge is 0.333 e. The number of benzene rings is 2. The fourth-order valence-corrected chi connectivity index (χ4v) is 2.47. The van der Waals surface area contributed by atoms with Crippen LogP contribution < -0.4 is 0 Å². The molecule has 3 heteroatoms. The maximum atomic E-state index is 5.90. The van der Waals surface area contributed by atoms with Crippen LogP contribution in [0, 0.1) is 0 Å². The minimum atomic E-state index is 0.771. The Morgan fingerprint density at radius 1 is 0.857 bits per heavy atom. The van der Waals surface area contributed by atoms with Crippen molar-refractivity contribution < 1.29 is 0 Å². The summed E-state index contributed by atoms with van der Waals surface area (Å²) < 4.78 is 2.11. The van der Waals surface area contributed by atoms with Crippen molar-refractivity contribution in [1.29, 1.82) is 0 Å². The number of imidazole rings is 1. The zero-order valence-corrected chi connectivity index (χ0v) is 12.5. The fourth-order valence-electron chi connectivity index (χ4n) is 2.34. The predicted octanol–water partition coefficient (Wildman–Crippen LogP) is 4.37. The highest BCUT2D eigenvalue weighted by Gasteiger charge is 2.01. The van der Waals surface area contributed by atoms with Gasteiger partial charge in [-0.3, -0.25) is 0 Å². The van der Waals surface area contributed by atoms with Gasteiger partial charge in [0.25, 0.3) is 0 Å². The average Bonchev–Trinajstić information content (AvgIpc) is 2.96. The van der Waals surface area contributed by atoms with Crippen LogP contribution in [0.2, 0.25) is 5.02 Å². The molecule has 2 nitrogen and oxygen atoms in total. The van der Waals surface area contributed by atoms with E-state index in [4.69, 9.17) is 11.6 Å². The third-order valence-electron chi connectivity index (χ3n) is 3.48. The molecule has 0 radical (unpaired) electrons. The Labute approximate surface area is 130 Å². The van der Waals surface area contributed by atoms with Crippen molar-refractivity contribution in [2.45, 2.75) is 19.4 Å². The minimum Gasteiger partial charge on any atom is -0.333 e. The summed E-state index contributed by atoms with van der Waals surface area (Å²) >= 11 is 5.90. The van der Waals surface area contributed by atoms with Crippen molar-refractivity contribution in [3.8, 4) is 0 Å². The van der Waals surface area contributed by atoms with Crippen LogP contribution in [0.1, 0.15) is 16.8 Å². The molecule has 0 aliphatic rings. The van der Waals surface area contributed by atoms with Crippen LogP contribution in [0.4, 0.5) is 0 Å². The lowest BCUT2D eigenvalue weighted by molar-refractivity contribution is 0.795. The van der Waals surface area contributed by atoms with Crippen molar-refractivity contribution in [3.05, 3.63) is 89.0 Å². The topological polar surface area (TPSA) is 17.8 Å². The van der Waals surface area contributed by atoms with Gasteiger partial charge < -0.3 is 4.57 Å². The minimum absolute atomic E-state index is 0.771. The predicted molar refractivity (Wildman–Crippen MR) is 86.6 cm³/mol. The van der Waals surface area contributed by atoms with Gasteiger partial charge in [-0.2, -0.15) is 0 Å². The van der Waals surface area contributed by atoms with E-state index in [-0.39, 0.29) is 0 Å². The van der Waals surface area contributed by atoms with Gasteiger partial charge in [0.05, 0.1) is 12.0 Å². The molecule has 1 aromatic heterocycles. The molecule has 0 atom stereocenters. The Kier molecular flexibility index (Phi) is 4.37. The van der Waals surface area contributed by atoms with Crippen LogP contribution in [0.3, 0.4) is 0 Å². The lowest BCUT2D eigenvalue weighted by Crippen LogP contribution is -1.96. The number of hydrogen-bond donors (Lipinski definition) is 0. The molecular formula is C18H17ClN2. The Balaban J connectivity index is 1.59. The van der Waals surface area contributed by atoms with E-state index in [0.29, 0.717) is 0 Å². The molecule has 0 unspecified atom stereocenters. The van der Waals surface area contributed by atoms with E-state index >= 15 is 0 Å². The number of hydrogen-bond acceptors (Lipinski definition) is 1. The Bertz CT molecular complexity index is 687. The van der Waals surface area contributed by atoms with Gasteiger partial charge >= 0.3 is 0 Å². The van der Waals surface area contributed by atoms with Gasteiger partial charge in [0.15, 0.2) is 0 Å². The van der Waals surface area contributed by atoms with Crippen molar-refractivity contribution in [1.82, 2.24) is 9.55 Å². The summed E-state index contributed by atoms with van der Waals surface area (Å²) in [4.78, 5) is 4.48. The van der Waals surface area contributed by atoms with Crippen LogP contribution in [-0.4, -0.2) is 9.55 Å². The third-order valence-corrected chi connectivity index (χ3v) is 3.73. The number of nitrogens with zero attached hydrogens (tertiary/aromatic N) is 2. The highest BCUT2D eigenvalue weighted by molar-refractivity contribution is 6.30. The lowest BCUT2D eigenvalue weighted by Gasteiger charge is -2.02. The molecule has 1 heterocycles. The molecule has 0 aliphatic heterocycles. The molecule has 106 valence electrons. The summed E-state index contributed by atoms with van der Waals surface area (Å²) in [6.45, 7) is 0.829. The van der Waals surface area contributed by atoms with Crippen LogP contribution >= 0.6 is 11.6 Å². The quantitative estimate of drug-likeness (QED) is 0.683. The lowest BCUT2D eigenvalue weighted by atomic mass is 10.1. The van der Waals surface area contributed by atoms with Crippen LogP contribution in [0.15, 0.2) is 67.1 Å². The first kappa shape index (κ1) is 13.9. The first-order chi connectivity index (χ1) is 10.3. The number of aryl methyl sites for hydroxylation is 2. The first-order valence-corrected chi connectivity index (χ1v) is 7.46. The highest BCUT2D eigenvalue weighted by Crippen LogP contribution is 2.11. The third kappa shape index (κ3) is 3.96. The van der Waals surface area contributed by atoms with E-state index in [9.17, 15) is 0 Å². The van der Waals surface area contributed by atoms with Crippen LogP contribution in [-0.2, 0) is 19.4 Å². The van der Waals surface area contributed by atoms with E-state index in [1.165, 1.54) is 11.1 Å². The van der Waals surface area contributed by atoms with Gasteiger partial charge in [0, 0.05) is 17.8 Å². The molecule has 2 aromatic carbocycles. The first-order valence-electron chi connectivity index (χ1n) is 7.08. The summed E-state index contributed by atoms with van der Waals surface area (Å²) in [7, 11) is 0. The van der Waals surface area contributed by atoms with Crippen molar-refractivity contribution >= 4 is 11.6 Å². The fraction of sp³-hybridized carbons (Fsp3) is 0.167. The maximum Gasteiger partial charge on any atom is 0.0952 e. The van der Waals surface area contributed by atoms with Gasteiger partial charge in [-0.1, -0.05) is 54.1 Å². The molecule has 0 N–H and O–H groups in total. The monoisotopic (exact) mass is 296 g/mol. The van der Waals surface area contributed by atoms with Gasteiger partial charge in [-0.05, 0) is 36.1 Å². The normalized spacial score (nSPS) is 10.7. The summed E-state index contributed by atoms with van der Waals surface area (Å²) in [5.74, 6) is 0. The molecule has 0 amide bonds. The maximum absolute atomic E-state index is 5.90. The molecule has 0 fully saturated rings. The second-order valence-corrected chi connectivity index (χ2v) is 5.59. The van der Waals surface area contributed by atoms with E-state index in [1.807, 2.05) is 36.7 Å². The molecule has 21 heavy (non-hydrogen) atoms. The van der Waals surface area contributed by atoms with Gasteiger partial charge in [-0.15, -0.1) is 0 Å². The molecule has 0 saturated heterocycles. The summed E-state index contributed by atoms with van der Waals surface area (Å²) in [5, 5.41) is 0.771. The Morgan fingerprint density at radius 2 is 1.62 bits per heavy atom. The molecule has 0 spiro atoms. The Hall–Kier alpha value is -2.06. The van der Waals surface area contributed by atoms with Crippen LogP contribution in [0.5, 0.6) is 0 Å². The molecule has 0 saturated carbocycles. The van der Waals surface area contributed by atoms with Crippen molar-refractivity contribution in [2.75, 3.05) is 0 Å². The second-order valence-electron chi connectivity index (χ2n) is 5.15. The van der Waals surface area contributed by atoms with Crippen molar-refractivity contribution in [3.63, 3.8) is 0 Å². The molecule has 3 aromatic rings. The number of rotatable bonds is 5. The number of halogens is 1. The van der Waals surface area contributed by atoms with Gasteiger partial charge in [0.1, 0.15) is 0 Å². The van der Waals surface area contributed by atoms with E-state index in [1.54, 1.807) is 0 Å². The molecule has 3 rings (SSSR count). The molecule has 0 aliphatic carbocycles.